The molecule has 0 saturated heterocycles. The van der Waals surface area contributed by atoms with Crippen LogP contribution in [0.1, 0.15) is 64.4 Å². The molecule has 194 valence electrons. The Morgan fingerprint density at radius 2 is 1.26 bits per heavy atom. The Morgan fingerprint density at radius 3 is 1.92 bits per heavy atom. The molecule has 2 amide bonds. The topological polar surface area (TPSA) is 87.7 Å². The van der Waals surface area contributed by atoms with E-state index in [1.165, 1.54) is 0 Å². The van der Waals surface area contributed by atoms with E-state index in [9.17, 15) is 14.7 Å². The molecule has 1 unspecified atom stereocenters. The molecule has 0 aromatic heterocycles. The minimum atomic E-state index is -0.720. The van der Waals surface area contributed by atoms with Gasteiger partial charge in [-0.05, 0) is 53.4 Å². The molecule has 2 heterocycles. The van der Waals surface area contributed by atoms with Crippen LogP contribution in [0.5, 0.6) is 11.5 Å². The number of fused-ring (bicyclic) bond motifs is 7. The van der Waals surface area contributed by atoms with Gasteiger partial charge in [0.05, 0.1) is 11.1 Å². The summed E-state index contributed by atoms with van der Waals surface area (Å²) < 4.78 is 6.66. The van der Waals surface area contributed by atoms with Gasteiger partial charge in [0.1, 0.15) is 17.1 Å². The molecule has 6 heteroatoms. The fourth-order valence-corrected chi connectivity index (χ4v) is 5.95. The number of hydrogen-bond acceptors (Lipinski definition) is 4. The molecule has 4 bridgehead atoms. The Morgan fingerprint density at radius 1 is 0.737 bits per heavy atom. The maximum absolute atomic E-state index is 13.3. The largest absolute Gasteiger partial charge is 0.507 e. The molecule has 4 aromatic carbocycles. The lowest BCUT2D eigenvalue weighted by Crippen LogP contribution is -2.34. The maximum Gasteiger partial charge on any atom is 0.255 e. The van der Waals surface area contributed by atoms with E-state index < -0.39 is 5.60 Å². The number of hydrogen-bond donors (Lipinski definition) is 3. The van der Waals surface area contributed by atoms with Crippen LogP contribution in [0.2, 0.25) is 0 Å². The fraction of sp³-hybridized carbons (Fsp3) is 0.312. The highest BCUT2D eigenvalue weighted by molar-refractivity contribution is 6.04. The second kappa shape index (κ2) is 9.67. The SMILES string of the molecule is CC12Cc3c(O)c(cc4ccccc34)C(=O)NCCCCCCNC(=O)c3cc4ccccc4c(c3O1)C2. The molecule has 0 spiro atoms. The Bertz CT molecular complexity index is 1580. The van der Waals surface area contributed by atoms with Crippen molar-refractivity contribution in [1.82, 2.24) is 10.6 Å². The standard InChI is InChI=1S/C32H32N2O4/c1-32-18-26-22-12-6-4-10-20(22)16-24(28(26)35)30(36)33-14-8-2-3-9-15-34-31(37)25-17-21-11-5-7-13-23(21)27(19-32)29(25)38-32/h4-7,10-13,16-17,35H,2-3,8-9,14-15,18-19H2,1H3,(H,33,36)(H,34,37). The summed E-state index contributed by atoms with van der Waals surface area (Å²) in [5, 5.41) is 21.3. The van der Waals surface area contributed by atoms with Gasteiger partial charge >= 0.3 is 0 Å². The zero-order valence-electron chi connectivity index (χ0n) is 21.6. The molecule has 1 atom stereocenters. The van der Waals surface area contributed by atoms with Crippen molar-refractivity contribution >= 4 is 33.4 Å². The van der Waals surface area contributed by atoms with E-state index >= 15 is 0 Å². The Labute approximate surface area is 222 Å². The molecule has 38 heavy (non-hydrogen) atoms. The predicted octanol–water partition coefficient (Wildman–Crippen LogP) is 5.67. The lowest BCUT2D eigenvalue weighted by molar-refractivity contribution is 0.0919. The highest BCUT2D eigenvalue weighted by Gasteiger charge is 2.40. The Balaban J connectivity index is 1.49. The van der Waals surface area contributed by atoms with Gasteiger partial charge in [-0.1, -0.05) is 61.4 Å². The van der Waals surface area contributed by atoms with Crippen molar-refractivity contribution in [3.8, 4) is 11.5 Å². The molecule has 2 aliphatic rings. The van der Waals surface area contributed by atoms with E-state index in [1.54, 1.807) is 6.07 Å². The van der Waals surface area contributed by atoms with Crippen LogP contribution in [-0.4, -0.2) is 35.6 Å². The summed E-state index contributed by atoms with van der Waals surface area (Å²) in [4.78, 5) is 26.5. The van der Waals surface area contributed by atoms with Crippen molar-refractivity contribution in [1.29, 1.82) is 0 Å². The summed E-state index contributed by atoms with van der Waals surface area (Å²) in [5.74, 6) is 0.213. The van der Waals surface area contributed by atoms with Crippen molar-refractivity contribution in [2.75, 3.05) is 13.1 Å². The van der Waals surface area contributed by atoms with Crippen molar-refractivity contribution < 1.29 is 19.4 Å². The number of carbonyl (C=O) groups is 2. The third-order valence-electron chi connectivity index (χ3n) is 7.85. The number of rotatable bonds is 0. The predicted molar refractivity (Wildman–Crippen MR) is 149 cm³/mol. The first kappa shape index (κ1) is 24.3. The van der Waals surface area contributed by atoms with Gasteiger partial charge in [0.2, 0.25) is 0 Å². The summed E-state index contributed by atoms with van der Waals surface area (Å²) in [6.07, 6.45) is 4.55. The third-order valence-corrected chi connectivity index (χ3v) is 7.85. The van der Waals surface area contributed by atoms with E-state index in [-0.39, 0.29) is 23.1 Å². The highest BCUT2D eigenvalue weighted by atomic mass is 16.5. The van der Waals surface area contributed by atoms with Crippen LogP contribution in [0, 0.1) is 0 Å². The van der Waals surface area contributed by atoms with Crippen LogP contribution in [0.3, 0.4) is 0 Å². The molecular weight excluding hydrogens is 476 g/mol. The molecule has 0 aliphatic carbocycles. The van der Waals surface area contributed by atoms with E-state index in [4.69, 9.17) is 4.74 Å². The molecule has 4 aromatic rings. The van der Waals surface area contributed by atoms with Gasteiger partial charge < -0.3 is 20.5 Å². The van der Waals surface area contributed by atoms with Gasteiger partial charge in [0, 0.05) is 37.1 Å². The third kappa shape index (κ3) is 4.34. The van der Waals surface area contributed by atoms with Gasteiger partial charge in [-0.25, -0.2) is 0 Å². The number of aromatic hydroxyl groups is 1. The van der Waals surface area contributed by atoms with E-state index in [0.717, 1.165) is 52.8 Å². The number of nitrogens with one attached hydrogen (secondary N) is 2. The molecular formula is C32H32N2O4. The fourth-order valence-electron chi connectivity index (χ4n) is 5.95. The number of carbonyl (C=O) groups excluding carboxylic acids is 2. The normalized spacial score (nSPS) is 20.3. The highest BCUT2D eigenvalue weighted by Crippen LogP contribution is 2.45. The van der Waals surface area contributed by atoms with E-state index in [2.05, 4.69) is 16.7 Å². The van der Waals surface area contributed by atoms with Crippen LogP contribution >= 0.6 is 0 Å². The second-order valence-corrected chi connectivity index (χ2v) is 10.8. The molecule has 6 rings (SSSR count). The number of phenolic OH excluding ortho intramolecular Hbond substituents is 1. The molecule has 0 saturated carbocycles. The van der Waals surface area contributed by atoms with E-state index in [1.807, 2.05) is 55.5 Å². The zero-order valence-corrected chi connectivity index (χ0v) is 21.6. The van der Waals surface area contributed by atoms with Crippen LogP contribution in [0.4, 0.5) is 0 Å². The monoisotopic (exact) mass is 508 g/mol. The summed E-state index contributed by atoms with van der Waals surface area (Å²) in [5.41, 5.74) is 1.80. The average Bonchev–Trinajstić information content (AvgIpc) is 3.27. The van der Waals surface area contributed by atoms with Gasteiger partial charge in [0.25, 0.3) is 11.8 Å². The first-order valence-electron chi connectivity index (χ1n) is 13.5. The van der Waals surface area contributed by atoms with Crippen molar-refractivity contribution in [3.05, 3.63) is 82.9 Å². The van der Waals surface area contributed by atoms with Gasteiger partial charge in [-0.2, -0.15) is 0 Å². The quantitative estimate of drug-likeness (QED) is 0.286. The van der Waals surface area contributed by atoms with Gasteiger partial charge in [-0.15, -0.1) is 0 Å². The number of benzene rings is 4. The molecule has 0 fully saturated rings. The van der Waals surface area contributed by atoms with Crippen LogP contribution < -0.4 is 15.4 Å². The minimum absolute atomic E-state index is 0.00841. The first-order valence-corrected chi connectivity index (χ1v) is 13.5. The minimum Gasteiger partial charge on any atom is -0.507 e. The lowest BCUT2D eigenvalue weighted by Gasteiger charge is -2.26. The Hall–Kier alpha value is -4.06. The summed E-state index contributed by atoms with van der Waals surface area (Å²) in [6, 6.07) is 19.6. The smallest absolute Gasteiger partial charge is 0.255 e. The average molecular weight is 509 g/mol. The van der Waals surface area contributed by atoms with Crippen molar-refractivity contribution in [2.45, 2.75) is 51.0 Å². The first-order chi connectivity index (χ1) is 18.4. The number of amides is 2. The number of phenols is 1. The molecule has 2 aliphatic heterocycles. The molecule has 3 N–H and O–H groups in total. The van der Waals surface area contributed by atoms with E-state index in [0.29, 0.717) is 42.8 Å². The summed E-state index contributed by atoms with van der Waals surface area (Å²) in [7, 11) is 0. The molecule has 0 radical (unpaired) electrons. The second-order valence-electron chi connectivity index (χ2n) is 10.8. The van der Waals surface area contributed by atoms with Crippen LogP contribution in [-0.2, 0) is 12.8 Å². The van der Waals surface area contributed by atoms with Gasteiger partial charge in [0.15, 0.2) is 0 Å². The maximum atomic E-state index is 13.3. The van der Waals surface area contributed by atoms with Crippen LogP contribution in [0.25, 0.3) is 21.5 Å². The number of ether oxygens (including phenoxy) is 1. The molecule has 6 nitrogen and oxygen atoms in total. The van der Waals surface area contributed by atoms with Crippen LogP contribution in [0.15, 0.2) is 60.7 Å². The summed E-state index contributed by atoms with van der Waals surface area (Å²) in [6.45, 7) is 3.15. The van der Waals surface area contributed by atoms with Crippen molar-refractivity contribution in [3.63, 3.8) is 0 Å². The zero-order chi connectivity index (χ0) is 26.3. The summed E-state index contributed by atoms with van der Waals surface area (Å²) >= 11 is 0. The van der Waals surface area contributed by atoms with Gasteiger partial charge in [-0.3, -0.25) is 9.59 Å². The van der Waals surface area contributed by atoms with Crippen molar-refractivity contribution in [2.24, 2.45) is 0 Å². The Kier molecular flexibility index (Phi) is 6.18. The lowest BCUT2D eigenvalue weighted by atomic mass is 9.86.